The summed E-state index contributed by atoms with van der Waals surface area (Å²) in [6.45, 7) is 1.64. The van der Waals surface area contributed by atoms with Crippen LogP contribution in [0.2, 0.25) is 0 Å². The first kappa shape index (κ1) is 14.2. The van der Waals surface area contributed by atoms with E-state index in [1.165, 1.54) is 23.2 Å². The van der Waals surface area contributed by atoms with E-state index in [0.717, 1.165) is 6.07 Å². The lowest BCUT2D eigenvalue weighted by Crippen LogP contribution is -2.24. The molecule has 0 fully saturated rings. The summed E-state index contributed by atoms with van der Waals surface area (Å²) in [5, 5.41) is 11.2. The summed E-state index contributed by atoms with van der Waals surface area (Å²) in [6, 6.07) is 2.66. The summed E-state index contributed by atoms with van der Waals surface area (Å²) in [5.41, 5.74) is 10.9. The molecule has 0 atom stereocenters. The quantitative estimate of drug-likeness (QED) is 0.364. The molecule has 0 unspecified atom stereocenters. The molecule has 0 saturated heterocycles. The zero-order valence-electron chi connectivity index (χ0n) is 11.1. The fraction of sp³-hybridized carbons (Fsp3) is 0.0833. The smallest absolute Gasteiger partial charge is 0.294 e. The van der Waals surface area contributed by atoms with Gasteiger partial charge in [-0.15, -0.1) is 0 Å². The molecule has 4 N–H and O–H groups in total. The number of nitrogens with two attached hydrogens (primary N) is 2. The van der Waals surface area contributed by atoms with Crippen LogP contribution in [0, 0.1) is 17.0 Å². The number of carbonyl (C=O) groups excluding carboxylic acids is 1. The second kappa shape index (κ2) is 5.41. The Kier molecular flexibility index (Phi) is 3.65. The summed E-state index contributed by atoms with van der Waals surface area (Å²) < 4.78 is 1.49. The molecule has 2 aromatic rings. The van der Waals surface area contributed by atoms with E-state index in [4.69, 9.17) is 11.5 Å². The first-order valence-electron chi connectivity index (χ1n) is 5.81. The number of aromatic nitrogens is 2. The molecule has 21 heavy (non-hydrogen) atoms. The number of amides is 1. The number of carbonyl (C=O) groups is 1. The number of benzene rings is 1. The molecule has 0 spiro atoms. The molecule has 9 nitrogen and oxygen atoms in total. The van der Waals surface area contributed by atoms with Crippen LogP contribution >= 0.6 is 0 Å². The second-order valence-electron chi connectivity index (χ2n) is 4.22. The Morgan fingerprint density at radius 2 is 2.14 bits per heavy atom. The predicted molar refractivity (Wildman–Crippen MR) is 75.1 cm³/mol. The van der Waals surface area contributed by atoms with Crippen molar-refractivity contribution in [3.05, 3.63) is 52.1 Å². The van der Waals surface area contributed by atoms with Crippen LogP contribution in [0.4, 0.5) is 5.69 Å². The van der Waals surface area contributed by atoms with Gasteiger partial charge in [0.25, 0.3) is 11.6 Å². The maximum absolute atomic E-state index is 11.9. The van der Waals surface area contributed by atoms with Crippen molar-refractivity contribution in [2.45, 2.75) is 6.92 Å². The van der Waals surface area contributed by atoms with Crippen LogP contribution in [0.3, 0.4) is 0 Å². The maximum Gasteiger partial charge on any atom is 0.294 e. The summed E-state index contributed by atoms with van der Waals surface area (Å²) >= 11 is 0. The Labute approximate surface area is 119 Å². The minimum Gasteiger partial charge on any atom is -0.370 e. The minimum atomic E-state index is -0.729. The largest absolute Gasteiger partial charge is 0.370 e. The Hall–Kier alpha value is -3.23. The highest BCUT2D eigenvalue weighted by Gasteiger charge is 2.21. The number of nitro benzene ring substituents is 1. The van der Waals surface area contributed by atoms with Crippen molar-refractivity contribution in [1.82, 2.24) is 9.55 Å². The van der Waals surface area contributed by atoms with E-state index in [2.05, 4.69) is 9.98 Å². The van der Waals surface area contributed by atoms with Gasteiger partial charge in [-0.25, -0.2) is 4.98 Å². The van der Waals surface area contributed by atoms with Crippen molar-refractivity contribution >= 4 is 17.6 Å². The summed E-state index contributed by atoms with van der Waals surface area (Å²) in [5.74, 6) is -1.13. The molecule has 1 heterocycles. The molecule has 108 valence electrons. The standard InChI is InChI=1S/C12H12N6O3/c1-7-4-9(17-3-2-15-6-17)10(18(20)21)5-8(7)11(19)16-12(13)14/h2-6H,1H3,(H4,13,14,16,19). The van der Waals surface area contributed by atoms with Gasteiger partial charge in [-0.2, -0.15) is 4.99 Å². The Morgan fingerprint density at radius 1 is 1.43 bits per heavy atom. The van der Waals surface area contributed by atoms with E-state index in [0.29, 0.717) is 11.3 Å². The number of guanidine groups is 1. The van der Waals surface area contributed by atoms with E-state index in [-0.39, 0.29) is 11.3 Å². The molecule has 1 amide bonds. The molecule has 0 aliphatic carbocycles. The molecule has 0 aliphatic heterocycles. The van der Waals surface area contributed by atoms with Gasteiger partial charge >= 0.3 is 0 Å². The number of aryl methyl sites for hydroxylation is 1. The Bertz CT molecular complexity index is 732. The molecule has 1 aromatic heterocycles. The molecular weight excluding hydrogens is 276 g/mol. The first-order valence-corrected chi connectivity index (χ1v) is 5.81. The lowest BCUT2D eigenvalue weighted by atomic mass is 10.1. The van der Waals surface area contributed by atoms with Crippen molar-refractivity contribution in [3.8, 4) is 5.69 Å². The van der Waals surface area contributed by atoms with Crippen LogP contribution in [0.15, 0.2) is 35.8 Å². The third kappa shape index (κ3) is 2.86. The monoisotopic (exact) mass is 288 g/mol. The molecule has 0 bridgehead atoms. The summed E-state index contributed by atoms with van der Waals surface area (Å²) in [7, 11) is 0. The van der Waals surface area contributed by atoms with Gasteiger partial charge in [0, 0.05) is 18.5 Å². The van der Waals surface area contributed by atoms with Gasteiger partial charge in [0.05, 0.1) is 16.8 Å². The van der Waals surface area contributed by atoms with Crippen LogP contribution in [-0.4, -0.2) is 26.3 Å². The molecule has 2 rings (SSSR count). The zero-order valence-corrected chi connectivity index (χ0v) is 11.1. The van der Waals surface area contributed by atoms with E-state index in [1.807, 2.05) is 0 Å². The van der Waals surface area contributed by atoms with Crippen molar-refractivity contribution in [2.75, 3.05) is 0 Å². The van der Waals surface area contributed by atoms with Gasteiger partial charge in [-0.3, -0.25) is 14.9 Å². The Balaban J connectivity index is 2.63. The van der Waals surface area contributed by atoms with Gasteiger partial charge in [-0.1, -0.05) is 0 Å². The molecular formula is C12H12N6O3. The predicted octanol–water partition coefficient (Wildman–Crippen LogP) is 0.503. The number of rotatable bonds is 3. The zero-order chi connectivity index (χ0) is 15.6. The van der Waals surface area contributed by atoms with Crippen LogP contribution < -0.4 is 11.5 Å². The fourth-order valence-electron chi connectivity index (χ4n) is 1.84. The molecule has 0 radical (unpaired) electrons. The van der Waals surface area contributed by atoms with Crippen molar-refractivity contribution < 1.29 is 9.72 Å². The highest BCUT2D eigenvalue weighted by atomic mass is 16.6. The molecule has 0 saturated carbocycles. The SMILES string of the molecule is Cc1cc(-n2ccnc2)c([N+](=O)[O-])cc1C(=O)N=C(N)N. The van der Waals surface area contributed by atoms with Gasteiger partial charge in [0.2, 0.25) is 0 Å². The Morgan fingerprint density at radius 3 is 2.67 bits per heavy atom. The first-order chi connectivity index (χ1) is 9.90. The highest BCUT2D eigenvalue weighted by Crippen LogP contribution is 2.27. The minimum absolute atomic E-state index is 0.0685. The van der Waals surface area contributed by atoms with Gasteiger partial charge in [0.1, 0.15) is 5.69 Å². The average molecular weight is 288 g/mol. The third-order valence-electron chi connectivity index (χ3n) is 2.76. The second-order valence-corrected chi connectivity index (χ2v) is 4.22. The molecule has 1 aromatic carbocycles. The van der Waals surface area contributed by atoms with E-state index >= 15 is 0 Å². The lowest BCUT2D eigenvalue weighted by Gasteiger charge is -2.08. The van der Waals surface area contributed by atoms with Gasteiger partial charge in [-0.05, 0) is 18.6 Å². The van der Waals surface area contributed by atoms with Crippen molar-refractivity contribution in [3.63, 3.8) is 0 Å². The lowest BCUT2D eigenvalue weighted by molar-refractivity contribution is -0.384. The third-order valence-corrected chi connectivity index (χ3v) is 2.76. The topological polar surface area (TPSA) is 142 Å². The molecule has 9 heteroatoms. The van der Waals surface area contributed by atoms with E-state index in [9.17, 15) is 14.9 Å². The number of imidazole rings is 1. The summed E-state index contributed by atoms with van der Waals surface area (Å²) in [6.07, 6.45) is 4.50. The van der Waals surface area contributed by atoms with E-state index in [1.54, 1.807) is 13.1 Å². The number of aliphatic imine (C=N–C) groups is 1. The number of nitrogens with zero attached hydrogens (tertiary/aromatic N) is 4. The van der Waals surface area contributed by atoms with Crippen LogP contribution in [0.5, 0.6) is 0 Å². The highest BCUT2D eigenvalue weighted by molar-refractivity contribution is 6.03. The van der Waals surface area contributed by atoms with Crippen molar-refractivity contribution in [1.29, 1.82) is 0 Å². The van der Waals surface area contributed by atoms with Crippen LogP contribution in [-0.2, 0) is 0 Å². The number of hydrogen-bond acceptors (Lipinski definition) is 4. The maximum atomic E-state index is 11.9. The van der Waals surface area contributed by atoms with Crippen molar-refractivity contribution in [2.24, 2.45) is 16.5 Å². The van der Waals surface area contributed by atoms with Crippen LogP contribution in [0.1, 0.15) is 15.9 Å². The molecule has 0 aliphatic rings. The number of hydrogen-bond donors (Lipinski definition) is 2. The normalized spacial score (nSPS) is 10.1. The van der Waals surface area contributed by atoms with Gasteiger partial charge < -0.3 is 16.0 Å². The average Bonchev–Trinajstić information content (AvgIpc) is 2.90. The fourth-order valence-corrected chi connectivity index (χ4v) is 1.84. The van der Waals surface area contributed by atoms with Gasteiger partial charge in [0.15, 0.2) is 5.96 Å². The van der Waals surface area contributed by atoms with Crippen LogP contribution in [0.25, 0.3) is 5.69 Å². The summed E-state index contributed by atoms with van der Waals surface area (Å²) in [4.78, 5) is 29.7. The number of nitro groups is 1. The van der Waals surface area contributed by atoms with E-state index < -0.39 is 16.8 Å².